The lowest BCUT2D eigenvalue weighted by atomic mass is 9.99. The smallest absolute Gasteiger partial charge is 0.166 e. The van der Waals surface area contributed by atoms with Crippen molar-refractivity contribution in [2.75, 3.05) is 26.4 Å². The Bertz CT molecular complexity index is 2060. The maximum absolute atomic E-state index is 6.53. The third kappa shape index (κ3) is 9.68. The van der Waals surface area contributed by atoms with Gasteiger partial charge in [0.05, 0.1) is 52.9 Å². The van der Waals surface area contributed by atoms with E-state index in [4.69, 9.17) is 18.9 Å². The standard InChI is InChI=1S/C42H46N16O4/c1-9-43-51(17-1)39(52-18-2-10-44-52)31-59-27-35-25-37(29-61-33-41(55-21-5-13-47-55)56-22-6-14-48-56)38(30-62-34-42(57-23-7-15-49-57)58-24-8-16-50-58)26-36(35)28-60-32-40(53-19-3-11-45-53)54-20-4-12-46-54/h1-26,39-42H,27-34H2. The van der Waals surface area contributed by atoms with Crippen LogP contribution >= 0.6 is 0 Å². The molecule has 0 atom stereocenters. The van der Waals surface area contributed by atoms with Gasteiger partial charge in [0.25, 0.3) is 0 Å². The Balaban J connectivity index is 1.000. The van der Waals surface area contributed by atoms with Crippen LogP contribution in [0.4, 0.5) is 0 Å². The molecule has 0 spiro atoms. The van der Waals surface area contributed by atoms with Crippen LogP contribution in [0.2, 0.25) is 0 Å². The molecule has 0 N–H and O–H groups in total. The Morgan fingerprint density at radius 3 is 0.613 bits per heavy atom. The zero-order valence-corrected chi connectivity index (χ0v) is 33.8. The van der Waals surface area contributed by atoms with Crippen molar-refractivity contribution in [3.05, 3.63) is 182 Å². The first-order chi connectivity index (χ1) is 30.8. The second-order valence-electron chi connectivity index (χ2n) is 14.3. The van der Waals surface area contributed by atoms with Crippen molar-refractivity contribution in [3.63, 3.8) is 0 Å². The van der Waals surface area contributed by atoms with Crippen LogP contribution in [0.25, 0.3) is 0 Å². The second kappa shape index (κ2) is 19.9. The van der Waals surface area contributed by atoms with Crippen molar-refractivity contribution in [2.45, 2.75) is 51.1 Å². The van der Waals surface area contributed by atoms with Crippen LogP contribution in [0, 0.1) is 0 Å². The molecule has 8 aromatic heterocycles. The fourth-order valence-electron chi connectivity index (χ4n) is 7.18. The molecule has 0 radical (unpaired) electrons. The predicted molar refractivity (Wildman–Crippen MR) is 221 cm³/mol. The van der Waals surface area contributed by atoms with E-state index >= 15 is 0 Å². The summed E-state index contributed by atoms with van der Waals surface area (Å²) in [5, 5.41) is 35.9. The highest BCUT2D eigenvalue weighted by Gasteiger charge is 2.21. The van der Waals surface area contributed by atoms with E-state index in [-0.39, 0.29) is 51.1 Å². The lowest BCUT2D eigenvalue weighted by molar-refractivity contribution is 0.0577. The monoisotopic (exact) mass is 838 g/mol. The maximum atomic E-state index is 6.53. The van der Waals surface area contributed by atoms with E-state index in [9.17, 15) is 0 Å². The molecule has 0 saturated carbocycles. The summed E-state index contributed by atoms with van der Waals surface area (Å²) in [6.45, 7) is 2.32. The van der Waals surface area contributed by atoms with Crippen molar-refractivity contribution in [1.29, 1.82) is 0 Å². The van der Waals surface area contributed by atoms with Gasteiger partial charge >= 0.3 is 0 Å². The summed E-state index contributed by atoms with van der Waals surface area (Å²) in [5.41, 5.74) is 3.73. The predicted octanol–water partition coefficient (Wildman–Crippen LogP) is 4.31. The molecule has 8 heterocycles. The van der Waals surface area contributed by atoms with Gasteiger partial charge in [-0.15, -0.1) is 0 Å². The molecular weight excluding hydrogens is 793 g/mol. The van der Waals surface area contributed by atoms with Gasteiger partial charge in [0.2, 0.25) is 0 Å². The first-order valence-electron chi connectivity index (χ1n) is 20.1. The van der Waals surface area contributed by atoms with E-state index < -0.39 is 0 Å². The number of ether oxygens (including phenoxy) is 4. The van der Waals surface area contributed by atoms with Crippen molar-refractivity contribution >= 4 is 0 Å². The van der Waals surface area contributed by atoms with E-state index in [1.54, 1.807) is 49.6 Å². The second-order valence-corrected chi connectivity index (χ2v) is 14.3. The molecule has 20 heteroatoms. The molecule has 0 saturated heterocycles. The summed E-state index contributed by atoms with van der Waals surface area (Å²) < 4.78 is 40.7. The van der Waals surface area contributed by atoms with Crippen molar-refractivity contribution in [1.82, 2.24) is 78.2 Å². The van der Waals surface area contributed by atoms with E-state index in [0.717, 1.165) is 22.3 Å². The highest BCUT2D eigenvalue weighted by Crippen LogP contribution is 2.24. The van der Waals surface area contributed by atoms with E-state index in [0.29, 0.717) is 26.4 Å². The van der Waals surface area contributed by atoms with Crippen molar-refractivity contribution in [2.24, 2.45) is 0 Å². The number of aromatic nitrogens is 16. The van der Waals surface area contributed by atoms with Crippen molar-refractivity contribution in [3.8, 4) is 0 Å². The zero-order chi connectivity index (χ0) is 41.8. The molecule has 9 rings (SSSR count). The molecule has 0 fully saturated rings. The summed E-state index contributed by atoms with van der Waals surface area (Å²) in [6, 6.07) is 19.3. The first-order valence-corrected chi connectivity index (χ1v) is 20.1. The summed E-state index contributed by atoms with van der Waals surface area (Å²) in [6.07, 6.45) is 28.0. The largest absolute Gasteiger partial charge is 0.373 e. The van der Waals surface area contributed by atoms with Gasteiger partial charge in [-0.05, 0) is 70.8 Å². The normalized spacial score (nSPS) is 11.9. The van der Waals surface area contributed by atoms with Crippen LogP contribution in [0.1, 0.15) is 46.9 Å². The van der Waals surface area contributed by atoms with Gasteiger partial charge in [-0.3, -0.25) is 0 Å². The Hall–Kier alpha value is -7.26. The molecule has 20 nitrogen and oxygen atoms in total. The third-order valence-corrected chi connectivity index (χ3v) is 10.3. The molecule has 0 unspecified atom stereocenters. The fraction of sp³-hybridized carbons (Fsp3) is 0.286. The van der Waals surface area contributed by atoms with Crippen LogP contribution in [-0.2, 0) is 45.4 Å². The van der Waals surface area contributed by atoms with Gasteiger partial charge in [-0.2, -0.15) is 40.8 Å². The van der Waals surface area contributed by atoms with Gasteiger partial charge in [0, 0.05) is 99.1 Å². The highest BCUT2D eigenvalue weighted by atomic mass is 16.5. The first kappa shape index (κ1) is 40.2. The summed E-state index contributed by atoms with van der Waals surface area (Å²) in [7, 11) is 0. The number of benzene rings is 1. The van der Waals surface area contributed by atoms with E-state index in [1.165, 1.54) is 0 Å². The van der Waals surface area contributed by atoms with Gasteiger partial charge in [0.15, 0.2) is 24.7 Å². The molecule has 0 aliphatic rings. The molecular formula is C42H46N16O4. The molecule has 0 aliphatic carbocycles. The van der Waals surface area contributed by atoms with E-state index in [1.807, 2.05) is 136 Å². The van der Waals surface area contributed by atoms with Gasteiger partial charge in [-0.1, -0.05) is 12.1 Å². The number of hydrogen-bond acceptors (Lipinski definition) is 12. The minimum atomic E-state index is -0.293. The molecule has 0 bridgehead atoms. The van der Waals surface area contributed by atoms with Crippen molar-refractivity contribution < 1.29 is 18.9 Å². The lowest BCUT2D eigenvalue weighted by Gasteiger charge is -2.23. The Morgan fingerprint density at radius 2 is 0.468 bits per heavy atom. The lowest BCUT2D eigenvalue weighted by Crippen LogP contribution is -2.25. The molecule has 0 aliphatic heterocycles. The van der Waals surface area contributed by atoms with Gasteiger partial charge < -0.3 is 18.9 Å². The topological polar surface area (TPSA) is 179 Å². The molecule has 318 valence electrons. The molecule has 1 aromatic carbocycles. The molecule has 0 amide bonds. The van der Waals surface area contributed by atoms with Crippen LogP contribution in [0.15, 0.2) is 160 Å². The van der Waals surface area contributed by atoms with Gasteiger partial charge in [-0.25, -0.2) is 37.5 Å². The average Bonchev–Trinajstić information content (AvgIpc) is 4.16. The van der Waals surface area contributed by atoms with Gasteiger partial charge in [0.1, 0.15) is 0 Å². The zero-order valence-electron chi connectivity index (χ0n) is 33.8. The summed E-state index contributed by atoms with van der Waals surface area (Å²) in [5.74, 6) is 0. The van der Waals surface area contributed by atoms with Crippen LogP contribution < -0.4 is 0 Å². The number of rotatable bonds is 24. The minimum absolute atomic E-state index is 0.275. The Kier molecular flexibility index (Phi) is 12.9. The molecule has 9 aromatic rings. The number of hydrogen-bond donors (Lipinski definition) is 0. The maximum Gasteiger partial charge on any atom is 0.166 e. The average molecular weight is 839 g/mol. The summed E-state index contributed by atoms with van der Waals surface area (Å²) >= 11 is 0. The number of nitrogens with zero attached hydrogens (tertiary/aromatic N) is 16. The van der Waals surface area contributed by atoms with Crippen LogP contribution in [0.5, 0.6) is 0 Å². The Labute approximate surface area is 356 Å². The Morgan fingerprint density at radius 1 is 0.290 bits per heavy atom. The highest BCUT2D eigenvalue weighted by molar-refractivity contribution is 5.38. The van der Waals surface area contributed by atoms with Crippen LogP contribution in [-0.4, -0.2) is 105 Å². The fourth-order valence-corrected chi connectivity index (χ4v) is 7.18. The third-order valence-electron chi connectivity index (χ3n) is 10.3. The SMILES string of the molecule is c1cnn(C(COCc2cc(COCC(n3cccn3)n3cccn3)c(COCC(n3cccn3)n3cccn3)cc2COCC(n2cccn2)n2cccn2)n2cccn2)c1. The van der Waals surface area contributed by atoms with E-state index in [2.05, 4.69) is 52.9 Å². The summed E-state index contributed by atoms with van der Waals surface area (Å²) in [4.78, 5) is 0. The molecule has 62 heavy (non-hydrogen) atoms. The quantitative estimate of drug-likeness (QED) is 0.0844. The van der Waals surface area contributed by atoms with Crippen LogP contribution in [0.3, 0.4) is 0 Å². The minimum Gasteiger partial charge on any atom is -0.373 e.